The lowest BCUT2D eigenvalue weighted by atomic mass is 9.97. The van der Waals surface area contributed by atoms with Crippen LogP contribution in [0.3, 0.4) is 0 Å². The van der Waals surface area contributed by atoms with E-state index in [2.05, 4.69) is 26.4 Å². The molecule has 4 aromatic rings. The van der Waals surface area contributed by atoms with E-state index >= 15 is 4.39 Å². The van der Waals surface area contributed by atoms with Gasteiger partial charge in [-0.25, -0.2) is 18.7 Å². The van der Waals surface area contributed by atoms with Crippen LogP contribution in [0, 0.1) is 11.7 Å². The number of ether oxygens (including phenoxy) is 1. The minimum atomic E-state index is -4.90. The van der Waals surface area contributed by atoms with Gasteiger partial charge in [0.1, 0.15) is 17.1 Å². The Balaban J connectivity index is 1.45. The van der Waals surface area contributed by atoms with Crippen LogP contribution in [-0.4, -0.2) is 45.1 Å². The fraction of sp³-hybridized carbons (Fsp3) is 0.314. The smallest absolute Gasteiger partial charge is 0.435 e. The molecule has 1 unspecified atom stereocenters. The summed E-state index contributed by atoms with van der Waals surface area (Å²) < 4.78 is 62.7. The highest BCUT2D eigenvalue weighted by molar-refractivity contribution is 6.03. The Morgan fingerprint density at radius 2 is 1.68 bits per heavy atom. The van der Waals surface area contributed by atoms with E-state index in [-0.39, 0.29) is 17.9 Å². The molecule has 0 bridgehead atoms. The Hall–Kier alpha value is -5.44. The van der Waals surface area contributed by atoms with Gasteiger partial charge in [-0.2, -0.15) is 18.3 Å². The number of alkyl halides is 3. The highest BCUT2D eigenvalue weighted by Crippen LogP contribution is 2.33. The summed E-state index contributed by atoms with van der Waals surface area (Å²) in [5, 5.41) is 23.3. The molecule has 3 amide bonds. The van der Waals surface area contributed by atoms with Gasteiger partial charge in [0.05, 0.1) is 17.4 Å². The van der Waals surface area contributed by atoms with Gasteiger partial charge in [0.2, 0.25) is 0 Å². The molecule has 50 heavy (non-hydrogen) atoms. The number of anilines is 2. The maximum Gasteiger partial charge on any atom is 0.435 e. The van der Waals surface area contributed by atoms with Crippen molar-refractivity contribution >= 4 is 29.5 Å². The maximum atomic E-state index is 15.2. The number of halogens is 4. The largest absolute Gasteiger partial charge is 0.465 e. The van der Waals surface area contributed by atoms with Crippen LogP contribution >= 0.6 is 0 Å². The van der Waals surface area contributed by atoms with Crippen molar-refractivity contribution in [1.82, 2.24) is 20.4 Å². The highest BCUT2D eigenvalue weighted by Gasteiger charge is 2.36. The normalized spacial score (nSPS) is 13.7. The number of benzene rings is 3. The third kappa shape index (κ3) is 9.59. The topological polar surface area (TPSA) is 147 Å². The van der Waals surface area contributed by atoms with Crippen molar-refractivity contribution in [2.24, 2.45) is 5.92 Å². The summed E-state index contributed by atoms with van der Waals surface area (Å²) in [6, 6.07) is 16.9. The first-order chi connectivity index (χ1) is 23.6. The average molecular weight is 697 g/mol. The number of carbonyl (C=O) groups is 3. The molecule has 1 saturated carbocycles. The lowest BCUT2D eigenvalue weighted by molar-refractivity contribution is -0.141. The number of hydrogen-bond donors (Lipinski definition) is 5. The first-order valence-electron chi connectivity index (χ1n) is 15.7. The molecule has 0 aliphatic heterocycles. The number of carboxylic acid groups (broad SMARTS) is 1. The van der Waals surface area contributed by atoms with Gasteiger partial charge in [-0.1, -0.05) is 30.3 Å². The number of amides is 3. The molecule has 15 heteroatoms. The lowest BCUT2D eigenvalue weighted by Crippen LogP contribution is -2.27. The first-order valence-corrected chi connectivity index (χ1v) is 15.7. The molecule has 1 fully saturated rings. The Bertz CT molecular complexity index is 1880. The van der Waals surface area contributed by atoms with Crippen LogP contribution in [0.5, 0.6) is 0 Å². The van der Waals surface area contributed by atoms with Crippen molar-refractivity contribution < 1.29 is 41.8 Å². The number of rotatable bonds is 11. The lowest BCUT2D eigenvalue weighted by Gasteiger charge is -2.22. The number of hydrogen-bond acceptors (Lipinski definition) is 6. The van der Waals surface area contributed by atoms with Crippen LogP contribution in [0.4, 0.5) is 38.5 Å². The third-order valence-corrected chi connectivity index (χ3v) is 7.58. The number of aromatic nitrogens is 2. The summed E-state index contributed by atoms with van der Waals surface area (Å²) in [4.78, 5) is 36.9. The zero-order valence-corrected chi connectivity index (χ0v) is 27.4. The standard InChI is InChI=1S/C35H36F4N6O5/c1-34(2,3)50-33(49)42-24-8-5-7-22(15-24)30(40-18-20-10-11-20)23-12-13-26(36)27(16-23)43-31(46)28-17-29(35(37,38)39)44-45(28)25-9-4-6-21(14-25)19-41-32(47)48/h4-9,12-17,20,30,40-41H,10-11,18-19H2,1-3H3,(H,42,49)(H,43,46)(H,47,48). The van der Waals surface area contributed by atoms with E-state index in [4.69, 9.17) is 9.84 Å². The van der Waals surface area contributed by atoms with Gasteiger partial charge in [0.25, 0.3) is 5.91 Å². The summed E-state index contributed by atoms with van der Waals surface area (Å²) in [5.74, 6) is -1.43. The van der Waals surface area contributed by atoms with Gasteiger partial charge in [-0.15, -0.1) is 0 Å². The monoisotopic (exact) mass is 696 g/mol. The van der Waals surface area contributed by atoms with Gasteiger partial charge in [-0.3, -0.25) is 10.1 Å². The molecular weight excluding hydrogens is 660 g/mol. The molecular formula is C35H36F4N6O5. The van der Waals surface area contributed by atoms with E-state index in [1.807, 2.05) is 6.07 Å². The summed E-state index contributed by atoms with van der Waals surface area (Å²) in [6.45, 7) is 5.74. The molecule has 0 radical (unpaired) electrons. The van der Waals surface area contributed by atoms with E-state index < -0.39 is 53.1 Å². The van der Waals surface area contributed by atoms with Crippen LogP contribution in [0.25, 0.3) is 5.69 Å². The Kier molecular flexibility index (Phi) is 10.5. The molecule has 0 saturated heterocycles. The van der Waals surface area contributed by atoms with Crippen molar-refractivity contribution in [2.75, 3.05) is 17.2 Å². The third-order valence-electron chi connectivity index (χ3n) is 7.58. The quantitative estimate of drug-likeness (QED) is 0.102. The van der Waals surface area contributed by atoms with Crippen LogP contribution in [0.1, 0.15) is 72.5 Å². The maximum absolute atomic E-state index is 15.2. The minimum absolute atomic E-state index is 0.0498. The number of carbonyl (C=O) groups excluding carboxylic acids is 2. The molecule has 3 aromatic carbocycles. The molecule has 1 aliphatic carbocycles. The molecule has 1 heterocycles. The number of nitrogens with zero attached hydrogens (tertiary/aromatic N) is 2. The summed E-state index contributed by atoms with van der Waals surface area (Å²) in [7, 11) is 0. The molecule has 1 atom stereocenters. The van der Waals surface area contributed by atoms with Crippen LogP contribution in [0.15, 0.2) is 72.8 Å². The van der Waals surface area contributed by atoms with E-state index in [1.165, 1.54) is 30.3 Å². The number of nitrogens with one attached hydrogen (secondary N) is 4. The molecule has 11 nitrogen and oxygen atoms in total. The van der Waals surface area contributed by atoms with Crippen molar-refractivity contribution in [1.29, 1.82) is 0 Å². The van der Waals surface area contributed by atoms with Gasteiger partial charge >= 0.3 is 18.4 Å². The molecule has 1 aromatic heterocycles. The zero-order chi connectivity index (χ0) is 36.2. The van der Waals surface area contributed by atoms with E-state index in [1.54, 1.807) is 45.0 Å². The van der Waals surface area contributed by atoms with Crippen LogP contribution in [0.2, 0.25) is 0 Å². The molecule has 1 aliphatic rings. The van der Waals surface area contributed by atoms with Gasteiger partial charge in [0, 0.05) is 18.3 Å². The second-order valence-electron chi connectivity index (χ2n) is 12.9. The van der Waals surface area contributed by atoms with Crippen molar-refractivity contribution in [3.8, 4) is 5.69 Å². The Morgan fingerprint density at radius 1 is 0.960 bits per heavy atom. The summed E-state index contributed by atoms with van der Waals surface area (Å²) >= 11 is 0. The summed E-state index contributed by atoms with van der Waals surface area (Å²) in [5.41, 5.74) is -0.710. The zero-order valence-electron chi connectivity index (χ0n) is 27.4. The van der Waals surface area contributed by atoms with Gasteiger partial charge in [-0.05, 0) is 99.2 Å². The SMILES string of the molecule is CC(C)(C)OC(=O)Nc1cccc(C(NCC2CC2)c2ccc(F)c(NC(=O)c3cc(C(F)(F)F)nn3-c3cccc(CNC(=O)O)c3)c2)c1. The van der Waals surface area contributed by atoms with Crippen LogP contribution in [-0.2, 0) is 17.5 Å². The highest BCUT2D eigenvalue weighted by atomic mass is 19.4. The van der Waals surface area contributed by atoms with Crippen molar-refractivity contribution in [3.05, 3.63) is 107 Å². The van der Waals surface area contributed by atoms with Crippen LogP contribution < -0.4 is 21.3 Å². The molecule has 0 spiro atoms. The van der Waals surface area contributed by atoms with Crippen molar-refractivity contribution in [2.45, 2.75) is 58.0 Å². The Morgan fingerprint density at radius 3 is 2.36 bits per heavy atom. The Labute approximate surface area is 285 Å². The molecule has 5 rings (SSSR count). The molecule has 264 valence electrons. The second kappa shape index (κ2) is 14.6. The summed E-state index contributed by atoms with van der Waals surface area (Å²) in [6.07, 6.45) is -4.73. The molecule has 5 N–H and O–H groups in total. The second-order valence-corrected chi connectivity index (χ2v) is 12.9. The predicted octanol–water partition coefficient (Wildman–Crippen LogP) is 7.49. The minimum Gasteiger partial charge on any atom is -0.465 e. The van der Waals surface area contributed by atoms with Crippen molar-refractivity contribution in [3.63, 3.8) is 0 Å². The van der Waals surface area contributed by atoms with E-state index in [0.29, 0.717) is 40.9 Å². The van der Waals surface area contributed by atoms with Gasteiger partial charge in [0.15, 0.2) is 5.69 Å². The average Bonchev–Trinajstić information content (AvgIpc) is 3.74. The fourth-order valence-corrected chi connectivity index (χ4v) is 5.11. The van der Waals surface area contributed by atoms with E-state index in [9.17, 15) is 27.6 Å². The fourth-order valence-electron chi connectivity index (χ4n) is 5.11. The first kappa shape index (κ1) is 35.9. The predicted molar refractivity (Wildman–Crippen MR) is 177 cm³/mol. The van der Waals surface area contributed by atoms with Gasteiger partial charge < -0.3 is 25.8 Å². The van der Waals surface area contributed by atoms with E-state index in [0.717, 1.165) is 23.6 Å².